The zero-order chi connectivity index (χ0) is 17.3. The van der Waals surface area contributed by atoms with Crippen molar-refractivity contribution in [2.24, 2.45) is 4.99 Å². The summed E-state index contributed by atoms with van der Waals surface area (Å²) in [5.41, 5.74) is 1.64. The molecule has 0 unspecified atom stereocenters. The van der Waals surface area contributed by atoms with Gasteiger partial charge < -0.3 is 10.0 Å². The van der Waals surface area contributed by atoms with E-state index < -0.39 is 6.10 Å². The van der Waals surface area contributed by atoms with Gasteiger partial charge in [0.1, 0.15) is 0 Å². The first-order valence-corrected chi connectivity index (χ1v) is 9.39. The number of nitro benzene ring substituents is 1. The van der Waals surface area contributed by atoms with Crippen molar-refractivity contribution in [1.29, 1.82) is 0 Å². The minimum absolute atomic E-state index is 0.0880. The molecule has 0 amide bonds. The second kappa shape index (κ2) is 7.11. The topological polar surface area (TPSA) is 79.0 Å². The van der Waals surface area contributed by atoms with Crippen molar-refractivity contribution >= 4 is 28.3 Å². The summed E-state index contributed by atoms with van der Waals surface area (Å²) in [6.45, 7) is 3.69. The van der Waals surface area contributed by atoms with Gasteiger partial charge >= 0.3 is 0 Å². The number of benzene rings is 1. The molecule has 7 heteroatoms. The largest absolute Gasteiger partial charge is 0.391 e. The first-order chi connectivity index (χ1) is 11.5. The van der Waals surface area contributed by atoms with E-state index in [4.69, 9.17) is 4.99 Å². The molecule has 24 heavy (non-hydrogen) atoms. The molecule has 1 saturated carbocycles. The van der Waals surface area contributed by atoms with E-state index in [9.17, 15) is 15.2 Å². The number of aliphatic hydroxyl groups is 1. The second-order valence-electron chi connectivity index (χ2n) is 6.59. The molecular formula is C17H23N3O3S. The monoisotopic (exact) mass is 349 g/mol. The summed E-state index contributed by atoms with van der Waals surface area (Å²) in [4.78, 5) is 17.6. The number of aryl methyl sites for hydroxylation is 1. The van der Waals surface area contributed by atoms with Gasteiger partial charge in [0.05, 0.1) is 22.8 Å². The highest BCUT2D eigenvalue weighted by atomic mass is 32.2. The molecule has 1 aromatic carbocycles. The van der Waals surface area contributed by atoms with Crippen molar-refractivity contribution in [2.75, 3.05) is 5.75 Å². The normalized spacial score (nSPS) is 24.7. The van der Waals surface area contributed by atoms with E-state index in [0.29, 0.717) is 6.04 Å². The minimum atomic E-state index is -0.399. The predicted octanol–water partition coefficient (Wildman–Crippen LogP) is 3.63. The second-order valence-corrected chi connectivity index (χ2v) is 7.57. The molecule has 3 rings (SSSR count). The van der Waals surface area contributed by atoms with Crippen molar-refractivity contribution in [1.82, 2.24) is 4.90 Å². The van der Waals surface area contributed by atoms with Crippen LogP contribution in [0.1, 0.15) is 38.2 Å². The van der Waals surface area contributed by atoms with Crippen LogP contribution in [0.3, 0.4) is 0 Å². The Balaban J connectivity index is 1.91. The van der Waals surface area contributed by atoms with Gasteiger partial charge in [0.15, 0.2) is 5.17 Å². The van der Waals surface area contributed by atoms with Gasteiger partial charge in [0.25, 0.3) is 5.69 Å². The summed E-state index contributed by atoms with van der Waals surface area (Å²) < 4.78 is 0. The average molecular weight is 349 g/mol. The first-order valence-electron chi connectivity index (χ1n) is 8.40. The number of aliphatic imine (C=N–C) groups is 1. The summed E-state index contributed by atoms with van der Waals surface area (Å²) in [5, 5.41) is 22.0. The van der Waals surface area contributed by atoms with Gasteiger partial charge in [-0.15, -0.1) is 0 Å². The summed E-state index contributed by atoms with van der Waals surface area (Å²) in [6, 6.07) is 5.30. The van der Waals surface area contributed by atoms with Gasteiger partial charge in [-0.05, 0) is 38.3 Å². The van der Waals surface area contributed by atoms with E-state index >= 15 is 0 Å². The highest BCUT2D eigenvalue weighted by molar-refractivity contribution is 8.14. The maximum Gasteiger partial charge on any atom is 0.269 e. The van der Waals surface area contributed by atoms with Crippen LogP contribution < -0.4 is 0 Å². The maximum atomic E-state index is 10.9. The number of aliphatic hydroxyl groups excluding tert-OH is 1. The molecule has 1 aliphatic carbocycles. The quantitative estimate of drug-likeness (QED) is 0.663. The number of rotatable bonds is 4. The van der Waals surface area contributed by atoms with E-state index in [1.807, 2.05) is 13.8 Å². The van der Waals surface area contributed by atoms with Gasteiger partial charge in [-0.1, -0.05) is 24.6 Å². The smallest absolute Gasteiger partial charge is 0.269 e. The van der Waals surface area contributed by atoms with Gasteiger partial charge in [-0.3, -0.25) is 10.1 Å². The molecular weight excluding hydrogens is 326 g/mol. The highest BCUT2D eigenvalue weighted by Crippen LogP contribution is 2.36. The van der Waals surface area contributed by atoms with Gasteiger partial charge in [-0.2, -0.15) is 0 Å². The van der Waals surface area contributed by atoms with Gasteiger partial charge in [0, 0.05) is 23.9 Å². The summed E-state index contributed by atoms with van der Waals surface area (Å²) in [7, 11) is 0. The van der Waals surface area contributed by atoms with Gasteiger partial charge in [0.2, 0.25) is 0 Å². The number of amidine groups is 1. The van der Waals surface area contributed by atoms with E-state index in [1.54, 1.807) is 23.9 Å². The lowest BCUT2D eigenvalue weighted by atomic mass is 10.1. The van der Waals surface area contributed by atoms with Crippen molar-refractivity contribution in [3.05, 3.63) is 33.9 Å². The molecule has 1 aromatic rings. The lowest BCUT2D eigenvalue weighted by Gasteiger charge is -2.33. The summed E-state index contributed by atoms with van der Waals surface area (Å²) in [5.74, 6) is 0.832. The van der Waals surface area contributed by atoms with Crippen LogP contribution in [0.15, 0.2) is 23.2 Å². The molecule has 2 fully saturated rings. The van der Waals surface area contributed by atoms with Crippen LogP contribution in [-0.2, 0) is 0 Å². The molecule has 1 N–H and O–H groups in total. The Morgan fingerprint density at radius 3 is 2.71 bits per heavy atom. The van der Waals surface area contributed by atoms with E-state index in [1.165, 1.54) is 18.9 Å². The molecule has 0 spiro atoms. The van der Waals surface area contributed by atoms with Crippen LogP contribution in [-0.4, -0.2) is 44.0 Å². The van der Waals surface area contributed by atoms with Crippen molar-refractivity contribution < 1.29 is 10.0 Å². The Kier molecular flexibility index (Phi) is 5.10. The van der Waals surface area contributed by atoms with E-state index in [0.717, 1.165) is 35.0 Å². The number of nitro groups is 1. The molecule has 0 aromatic heterocycles. The first kappa shape index (κ1) is 17.2. The number of thioether (sulfide) groups is 1. The van der Waals surface area contributed by atoms with Crippen molar-refractivity contribution in [2.45, 2.75) is 57.7 Å². The van der Waals surface area contributed by atoms with Crippen LogP contribution in [0.2, 0.25) is 0 Å². The number of hydrogen-bond acceptors (Lipinski definition) is 5. The highest BCUT2D eigenvalue weighted by Gasteiger charge is 2.38. The summed E-state index contributed by atoms with van der Waals surface area (Å²) in [6.07, 6.45) is 4.33. The van der Waals surface area contributed by atoms with E-state index in [-0.39, 0.29) is 16.7 Å². The molecule has 0 bridgehead atoms. The molecule has 0 radical (unpaired) electrons. The number of nitrogens with zero attached hydrogens (tertiary/aromatic N) is 3. The predicted molar refractivity (Wildman–Crippen MR) is 97.0 cm³/mol. The van der Waals surface area contributed by atoms with Gasteiger partial charge in [-0.25, -0.2) is 4.99 Å². The molecule has 1 heterocycles. The van der Waals surface area contributed by atoms with Crippen LogP contribution in [0.25, 0.3) is 0 Å². The molecule has 1 aliphatic heterocycles. The molecule has 2 aliphatic rings. The fraction of sp³-hybridized carbons (Fsp3) is 0.588. The van der Waals surface area contributed by atoms with E-state index in [2.05, 4.69) is 4.90 Å². The van der Waals surface area contributed by atoms with Crippen molar-refractivity contribution in [3.63, 3.8) is 0 Å². The Morgan fingerprint density at radius 1 is 1.42 bits per heavy atom. The van der Waals surface area contributed by atoms with Crippen LogP contribution in [0.4, 0.5) is 11.4 Å². The average Bonchev–Trinajstić information content (AvgIpc) is 3.17. The van der Waals surface area contributed by atoms with Crippen LogP contribution in [0.5, 0.6) is 0 Å². The number of non-ortho nitro benzene ring substituents is 1. The van der Waals surface area contributed by atoms with Crippen LogP contribution in [0, 0.1) is 17.0 Å². The maximum absolute atomic E-state index is 10.9. The Labute approximate surface area is 146 Å². The zero-order valence-corrected chi connectivity index (χ0v) is 14.8. The molecule has 1 saturated heterocycles. The zero-order valence-electron chi connectivity index (χ0n) is 14.0. The third kappa shape index (κ3) is 3.42. The van der Waals surface area contributed by atoms with Crippen LogP contribution >= 0.6 is 11.8 Å². The Morgan fingerprint density at radius 2 is 2.12 bits per heavy atom. The molecule has 6 nitrogen and oxygen atoms in total. The lowest BCUT2D eigenvalue weighted by molar-refractivity contribution is -0.384. The third-order valence-electron chi connectivity index (χ3n) is 4.84. The Hall–Kier alpha value is -1.60. The fourth-order valence-electron chi connectivity index (χ4n) is 3.51. The molecule has 2 atom stereocenters. The molecule has 130 valence electrons. The lowest BCUT2D eigenvalue weighted by Crippen LogP contribution is -2.46. The summed E-state index contributed by atoms with van der Waals surface area (Å²) >= 11 is 1.67. The number of hydrogen-bond donors (Lipinski definition) is 1. The fourth-order valence-corrected chi connectivity index (χ4v) is 4.86. The van der Waals surface area contributed by atoms with Crippen molar-refractivity contribution in [3.8, 4) is 0 Å². The minimum Gasteiger partial charge on any atom is -0.391 e. The SMILES string of the molecule is Cc1cc([N+](=O)[O-])ccc1N=C1SC[C@H]([C@@H](C)O)N1C1CCCC1. The third-order valence-corrected chi connectivity index (χ3v) is 5.91. The standard InChI is InChI=1S/C17H23N3O3S/c1-11-9-14(20(22)23)7-8-15(11)18-17-19(13-5-3-4-6-13)16(10-24-17)12(2)21/h7-9,12-13,16,21H,3-6,10H2,1-2H3/t12-,16-/m1/s1. The Bertz CT molecular complexity index is 656.